The van der Waals surface area contributed by atoms with Gasteiger partial charge in [0.25, 0.3) is 5.91 Å². The SMILES string of the molecule is CN(CC/C(O)=C\[N+]#N)C(=O)c1ccccc1. The van der Waals surface area contributed by atoms with E-state index in [2.05, 4.69) is 4.98 Å². The maximum absolute atomic E-state index is 11.9. The second-order valence-electron chi connectivity index (χ2n) is 3.58. The third-order valence-corrected chi connectivity index (χ3v) is 2.28. The van der Waals surface area contributed by atoms with Crippen LogP contribution in [0.25, 0.3) is 4.98 Å². The lowest BCUT2D eigenvalue weighted by Crippen LogP contribution is -2.27. The molecular weight excluding hydrogens is 218 g/mol. The summed E-state index contributed by atoms with van der Waals surface area (Å²) < 4.78 is 0. The first-order chi connectivity index (χ1) is 8.15. The van der Waals surface area contributed by atoms with E-state index in [1.54, 1.807) is 31.3 Å². The van der Waals surface area contributed by atoms with Crippen LogP contribution in [0.2, 0.25) is 0 Å². The number of aliphatic hydroxyl groups is 1. The summed E-state index contributed by atoms with van der Waals surface area (Å²) in [6.45, 7) is 0.353. The molecule has 1 aromatic carbocycles. The van der Waals surface area contributed by atoms with Gasteiger partial charge in [0.1, 0.15) is 0 Å². The molecule has 0 saturated carbocycles. The predicted octanol–water partition coefficient (Wildman–Crippen LogP) is 2.40. The summed E-state index contributed by atoms with van der Waals surface area (Å²) in [5.74, 6) is -0.181. The fourth-order valence-electron chi connectivity index (χ4n) is 1.32. The Hall–Kier alpha value is -2.35. The molecule has 17 heavy (non-hydrogen) atoms. The van der Waals surface area contributed by atoms with Gasteiger partial charge in [-0.25, -0.2) is 0 Å². The smallest absolute Gasteiger partial charge is 0.387 e. The van der Waals surface area contributed by atoms with Gasteiger partial charge in [0, 0.05) is 25.6 Å². The standard InChI is InChI=1S/C12H13N3O2/c1-15(8-7-11(16)9-14-13)12(17)10-5-3-2-4-6-10/h2-6,9H,7-8H2,1H3/p+1/b11-9+. The van der Waals surface area contributed by atoms with Gasteiger partial charge in [0.15, 0.2) is 10.7 Å². The van der Waals surface area contributed by atoms with Gasteiger partial charge >= 0.3 is 6.20 Å². The number of rotatable bonds is 4. The Labute approximate surface area is 99.6 Å². The van der Waals surface area contributed by atoms with Gasteiger partial charge in [-0.05, 0) is 12.1 Å². The Bertz CT molecular complexity index is 449. The van der Waals surface area contributed by atoms with Gasteiger partial charge in [-0.15, -0.1) is 0 Å². The van der Waals surface area contributed by atoms with Crippen molar-refractivity contribution in [1.82, 2.24) is 4.90 Å². The highest BCUT2D eigenvalue weighted by Crippen LogP contribution is 2.05. The quantitative estimate of drug-likeness (QED) is 0.640. The maximum Gasteiger partial charge on any atom is 0.387 e. The lowest BCUT2D eigenvalue weighted by atomic mass is 10.2. The molecule has 0 radical (unpaired) electrons. The third kappa shape index (κ3) is 3.95. The van der Waals surface area contributed by atoms with Crippen molar-refractivity contribution in [1.29, 1.82) is 5.39 Å². The van der Waals surface area contributed by atoms with Crippen molar-refractivity contribution in [3.05, 3.63) is 52.8 Å². The Morgan fingerprint density at radius 1 is 1.47 bits per heavy atom. The van der Waals surface area contributed by atoms with E-state index < -0.39 is 0 Å². The number of aliphatic hydroxyl groups excluding tert-OH is 1. The van der Waals surface area contributed by atoms with Gasteiger partial charge in [-0.3, -0.25) is 4.79 Å². The van der Waals surface area contributed by atoms with Crippen LogP contribution in [-0.2, 0) is 0 Å². The molecule has 0 fully saturated rings. The molecular formula is C12H14N3O2+. The molecule has 1 rings (SSSR count). The zero-order chi connectivity index (χ0) is 12.7. The second-order valence-corrected chi connectivity index (χ2v) is 3.58. The fraction of sp³-hybridized carbons (Fsp3) is 0.250. The lowest BCUT2D eigenvalue weighted by molar-refractivity contribution is 0.0793. The fourth-order valence-corrected chi connectivity index (χ4v) is 1.32. The van der Waals surface area contributed by atoms with Crippen LogP contribution in [0.15, 0.2) is 42.3 Å². The molecule has 0 aliphatic carbocycles. The summed E-state index contributed by atoms with van der Waals surface area (Å²) in [4.78, 5) is 16.1. The molecule has 0 heterocycles. The third-order valence-electron chi connectivity index (χ3n) is 2.28. The normalized spacial score (nSPS) is 10.7. The number of hydrogen-bond acceptors (Lipinski definition) is 3. The van der Waals surface area contributed by atoms with Gasteiger partial charge in [0.2, 0.25) is 5.39 Å². The molecule has 1 N–H and O–H groups in total. The van der Waals surface area contributed by atoms with Crippen molar-refractivity contribution in [3.63, 3.8) is 0 Å². The molecule has 0 aromatic heterocycles. The molecule has 0 saturated heterocycles. The van der Waals surface area contributed by atoms with Crippen LogP contribution in [0.4, 0.5) is 0 Å². The first-order valence-corrected chi connectivity index (χ1v) is 5.18. The van der Waals surface area contributed by atoms with Crippen LogP contribution in [0.5, 0.6) is 0 Å². The number of carbonyl (C=O) groups is 1. The van der Waals surface area contributed by atoms with E-state index in [0.717, 1.165) is 6.20 Å². The molecule has 1 aromatic rings. The van der Waals surface area contributed by atoms with Crippen molar-refractivity contribution in [2.45, 2.75) is 6.42 Å². The molecule has 0 bridgehead atoms. The van der Waals surface area contributed by atoms with Crippen LogP contribution in [0.3, 0.4) is 0 Å². The van der Waals surface area contributed by atoms with Crippen molar-refractivity contribution < 1.29 is 9.90 Å². The highest BCUT2D eigenvalue weighted by Gasteiger charge is 2.11. The first kappa shape index (κ1) is 12.7. The molecule has 5 nitrogen and oxygen atoms in total. The molecule has 0 aliphatic heterocycles. The van der Waals surface area contributed by atoms with Crippen LogP contribution in [-0.4, -0.2) is 29.5 Å². The zero-order valence-electron chi connectivity index (χ0n) is 9.58. The highest BCUT2D eigenvalue weighted by atomic mass is 16.3. The summed E-state index contributed by atoms with van der Waals surface area (Å²) in [6.07, 6.45) is 1.19. The molecule has 0 spiro atoms. The van der Waals surface area contributed by atoms with Crippen LogP contribution in [0.1, 0.15) is 16.8 Å². The Balaban J connectivity index is 2.55. The predicted molar refractivity (Wildman–Crippen MR) is 63.8 cm³/mol. The largest absolute Gasteiger partial charge is 0.505 e. The Kier molecular flexibility index (Phi) is 4.70. The minimum absolute atomic E-state index is 0.0692. The summed E-state index contributed by atoms with van der Waals surface area (Å²) in [7, 11) is 1.65. The molecule has 1 amide bonds. The number of benzene rings is 1. The van der Waals surface area contributed by atoms with Gasteiger partial charge in [0.05, 0.1) is 0 Å². The van der Waals surface area contributed by atoms with E-state index in [-0.39, 0.29) is 18.1 Å². The molecule has 88 valence electrons. The molecule has 0 aliphatic rings. The highest BCUT2D eigenvalue weighted by molar-refractivity contribution is 5.93. The molecule has 0 unspecified atom stereocenters. The first-order valence-electron chi connectivity index (χ1n) is 5.18. The van der Waals surface area contributed by atoms with Crippen molar-refractivity contribution in [2.24, 2.45) is 0 Å². The summed E-state index contributed by atoms with van der Waals surface area (Å²) in [5, 5.41) is 17.4. The Morgan fingerprint density at radius 3 is 2.71 bits per heavy atom. The van der Waals surface area contributed by atoms with Crippen LogP contribution < -0.4 is 0 Å². The number of amides is 1. The van der Waals surface area contributed by atoms with E-state index in [0.29, 0.717) is 12.1 Å². The summed E-state index contributed by atoms with van der Waals surface area (Å²) >= 11 is 0. The molecule has 0 atom stereocenters. The van der Waals surface area contributed by atoms with Gasteiger partial charge in [-0.2, -0.15) is 0 Å². The summed E-state index contributed by atoms with van der Waals surface area (Å²) in [5.41, 5.74) is 0.602. The maximum atomic E-state index is 11.9. The second kappa shape index (κ2) is 6.28. The van der Waals surface area contributed by atoms with Gasteiger partial charge in [-0.1, -0.05) is 18.2 Å². The van der Waals surface area contributed by atoms with Crippen LogP contribution in [0, 0.1) is 5.39 Å². The monoisotopic (exact) mass is 232 g/mol. The van der Waals surface area contributed by atoms with E-state index in [1.807, 2.05) is 6.07 Å². The van der Waals surface area contributed by atoms with Crippen molar-refractivity contribution in [3.8, 4) is 0 Å². The minimum Gasteiger partial charge on any atom is -0.505 e. The van der Waals surface area contributed by atoms with Crippen molar-refractivity contribution in [2.75, 3.05) is 13.6 Å². The van der Waals surface area contributed by atoms with Crippen molar-refractivity contribution >= 4 is 5.91 Å². The molecule has 5 heteroatoms. The average Bonchev–Trinajstić information content (AvgIpc) is 2.36. The zero-order valence-corrected chi connectivity index (χ0v) is 9.58. The van der Waals surface area contributed by atoms with E-state index in [1.165, 1.54) is 4.90 Å². The Morgan fingerprint density at radius 2 is 2.12 bits per heavy atom. The number of hydrogen-bond donors (Lipinski definition) is 1. The van der Waals surface area contributed by atoms with Gasteiger partial charge < -0.3 is 10.0 Å². The number of nitrogens with zero attached hydrogens (tertiary/aromatic N) is 3. The average molecular weight is 232 g/mol. The number of diazo groups is 1. The summed E-state index contributed by atoms with van der Waals surface area (Å²) in [6, 6.07) is 8.90. The minimum atomic E-state index is -0.112. The van der Waals surface area contributed by atoms with E-state index in [4.69, 9.17) is 5.39 Å². The van der Waals surface area contributed by atoms with E-state index >= 15 is 0 Å². The number of carbonyl (C=O) groups excluding carboxylic acids is 1. The van der Waals surface area contributed by atoms with E-state index in [9.17, 15) is 9.90 Å². The van der Waals surface area contributed by atoms with Crippen LogP contribution >= 0.6 is 0 Å². The topological polar surface area (TPSA) is 68.7 Å². The lowest BCUT2D eigenvalue weighted by Gasteiger charge is -2.16.